The highest BCUT2D eigenvalue weighted by Crippen LogP contribution is 2.43. The molecule has 1 aliphatic rings. The minimum atomic E-state index is -0.832. The summed E-state index contributed by atoms with van der Waals surface area (Å²) in [5.74, 6) is -1.27. The Balaban J connectivity index is 2.26. The van der Waals surface area contributed by atoms with E-state index < -0.39 is 11.9 Å². The van der Waals surface area contributed by atoms with E-state index in [0.29, 0.717) is 11.3 Å². The number of nitriles is 1. The molecule has 0 amide bonds. The number of carbonyl (C=O) groups is 1. The number of halogens is 1. The zero-order chi connectivity index (χ0) is 19.7. The predicted molar refractivity (Wildman–Crippen MR) is 98.7 cm³/mol. The number of rotatable bonds is 3. The van der Waals surface area contributed by atoms with Crippen LogP contribution < -0.4 is 5.73 Å². The second-order valence-electron chi connectivity index (χ2n) is 5.92. The molecule has 8 heteroatoms. The molecular weight excluding hydrogens is 368 g/mol. The van der Waals surface area contributed by atoms with Crippen molar-refractivity contribution >= 4 is 17.6 Å². The number of ether oxygens (including phenoxy) is 2. The fourth-order valence-electron chi connectivity index (χ4n) is 3.12. The van der Waals surface area contributed by atoms with Crippen molar-refractivity contribution in [1.29, 1.82) is 5.26 Å². The molecule has 7 nitrogen and oxygen atoms in total. The van der Waals surface area contributed by atoms with Gasteiger partial charge in [-0.25, -0.2) is 9.48 Å². The first-order valence-electron chi connectivity index (χ1n) is 8.07. The van der Waals surface area contributed by atoms with Gasteiger partial charge in [-0.15, -0.1) is 0 Å². The van der Waals surface area contributed by atoms with E-state index in [1.165, 1.54) is 7.11 Å². The highest BCUT2D eigenvalue weighted by atomic mass is 35.5. The Morgan fingerprint density at radius 3 is 2.63 bits per heavy atom. The van der Waals surface area contributed by atoms with E-state index in [9.17, 15) is 10.1 Å². The van der Waals surface area contributed by atoms with Crippen LogP contribution in [0.25, 0.3) is 5.69 Å². The summed E-state index contributed by atoms with van der Waals surface area (Å²) in [6.07, 6.45) is 0. The number of hydrogen-bond acceptors (Lipinski definition) is 6. The number of nitrogens with zero attached hydrogens (tertiary/aromatic N) is 3. The van der Waals surface area contributed by atoms with E-state index in [1.807, 2.05) is 36.4 Å². The van der Waals surface area contributed by atoms with Crippen molar-refractivity contribution in [1.82, 2.24) is 9.78 Å². The molecule has 0 aliphatic carbocycles. The van der Waals surface area contributed by atoms with Gasteiger partial charge in [0.15, 0.2) is 0 Å². The lowest BCUT2D eigenvalue weighted by Crippen LogP contribution is -2.25. The number of aryl methyl sites for hydroxylation is 1. The van der Waals surface area contributed by atoms with Gasteiger partial charge < -0.3 is 15.2 Å². The van der Waals surface area contributed by atoms with Crippen LogP contribution in [-0.2, 0) is 14.3 Å². The summed E-state index contributed by atoms with van der Waals surface area (Å²) in [4.78, 5) is 12.4. The Hall–Kier alpha value is -3.24. The molecule has 1 atom stereocenters. The Morgan fingerprint density at radius 2 is 2.04 bits per heavy atom. The fourth-order valence-corrected chi connectivity index (χ4v) is 3.51. The highest BCUT2D eigenvalue weighted by Gasteiger charge is 2.39. The molecule has 2 aromatic rings. The van der Waals surface area contributed by atoms with E-state index in [2.05, 4.69) is 5.10 Å². The summed E-state index contributed by atoms with van der Waals surface area (Å²) in [6.45, 7) is 3.34. The molecule has 0 saturated heterocycles. The predicted octanol–water partition coefficient (Wildman–Crippen LogP) is 3.09. The Morgan fingerprint density at radius 1 is 1.37 bits per heavy atom. The average Bonchev–Trinajstić information content (AvgIpc) is 2.95. The van der Waals surface area contributed by atoms with E-state index in [1.54, 1.807) is 18.5 Å². The average molecular weight is 385 g/mol. The maximum absolute atomic E-state index is 12.4. The molecule has 2 heterocycles. The second kappa shape index (κ2) is 7.17. The largest absolute Gasteiger partial charge is 0.466 e. The smallest absolute Gasteiger partial charge is 0.338 e. The number of carbonyl (C=O) groups excluding carboxylic acids is 1. The zero-order valence-electron chi connectivity index (χ0n) is 15.0. The van der Waals surface area contributed by atoms with E-state index in [4.69, 9.17) is 26.8 Å². The van der Waals surface area contributed by atoms with Crippen LogP contribution in [0.15, 0.2) is 53.1 Å². The van der Waals surface area contributed by atoms with Crippen molar-refractivity contribution < 1.29 is 14.3 Å². The number of allylic oxidation sites excluding steroid dienone is 2. The van der Waals surface area contributed by atoms with Gasteiger partial charge >= 0.3 is 5.97 Å². The van der Waals surface area contributed by atoms with Crippen molar-refractivity contribution in [2.75, 3.05) is 7.11 Å². The van der Waals surface area contributed by atoms with Crippen LogP contribution in [0.4, 0.5) is 0 Å². The molecule has 0 fully saturated rings. The zero-order valence-corrected chi connectivity index (χ0v) is 15.7. The third-order valence-electron chi connectivity index (χ3n) is 4.35. The van der Waals surface area contributed by atoms with E-state index in [-0.39, 0.29) is 27.9 Å². The summed E-state index contributed by atoms with van der Waals surface area (Å²) in [7, 11) is 1.26. The van der Waals surface area contributed by atoms with Crippen LogP contribution in [0.5, 0.6) is 0 Å². The molecule has 3 rings (SSSR count). The van der Waals surface area contributed by atoms with Gasteiger partial charge in [0.25, 0.3) is 0 Å². The fraction of sp³-hybridized carbons (Fsp3) is 0.211. The first kappa shape index (κ1) is 18.5. The minimum absolute atomic E-state index is 0.0735. The first-order valence-corrected chi connectivity index (χ1v) is 8.45. The van der Waals surface area contributed by atoms with Crippen LogP contribution in [0, 0.1) is 18.3 Å². The lowest BCUT2D eigenvalue weighted by molar-refractivity contribution is -0.136. The second-order valence-corrected chi connectivity index (χ2v) is 6.28. The molecule has 0 spiro atoms. The lowest BCUT2D eigenvalue weighted by atomic mass is 9.83. The van der Waals surface area contributed by atoms with E-state index >= 15 is 0 Å². The summed E-state index contributed by atoms with van der Waals surface area (Å²) in [5, 5.41) is 14.4. The van der Waals surface area contributed by atoms with Crippen LogP contribution in [-0.4, -0.2) is 22.9 Å². The Bertz CT molecular complexity index is 1020. The van der Waals surface area contributed by atoms with Crippen molar-refractivity contribution in [3.05, 3.63) is 69.5 Å². The van der Waals surface area contributed by atoms with Crippen LogP contribution in [0.2, 0.25) is 5.15 Å². The molecule has 138 valence electrons. The van der Waals surface area contributed by atoms with Crippen LogP contribution in [0.3, 0.4) is 0 Å². The molecule has 0 saturated carbocycles. The molecule has 27 heavy (non-hydrogen) atoms. The number of aromatic nitrogens is 2. The number of hydrogen-bond donors (Lipinski definition) is 1. The summed E-state index contributed by atoms with van der Waals surface area (Å²) in [6, 6.07) is 11.3. The van der Waals surface area contributed by atoms with Gasteiger partial charge in [-0.05, 0) is 26.0 Å². The molecule has 1 aromatic carbocycles. The van der Waals surface area contributed by atoms with Crippen molar-refractivity contribution in [2.45, 2.75) is 19.8 Å². The van der Waals surface area contributed by atoms with Gasteiger partial charge in [-0.1, -0.05) is 29.8 Å². The van der Waals surface area contributed by atoms with Gasteiger partial charge in [0.05, 0.1) is 30.0 Å². The van der Waals surface area contributed by atoms with Gasteiger partial charge in [0.1, 0.15) is 22.6 Å². The Kier molecular flexibility index (Phi) is 4.93. The van der Waals surface area contributed by atoms with Crippen LogP contribution >= 0.6 is 11.6 Å². The molecule has 1 aliphatic heterocycles. The molecule has 0 bridgehead atoms. The topological polar surface area (TPSA) is 103 Å². The maximum atomic E-state index is 12.4. The maximum Gasteiger partial charge on any atom is 0.338 e. The van der Waals surface area contributed by atoms with Crippen molar-refractivity contribution in [2.24, 2.45) is 5.73 Å². The monoisotopic (exact) mass is 384 g/mol. The quantitative estimate of drug-likeness (QED) is 0.815. The van der Waals surface area contributed by atoms with Crippen molar-refractivity contribution in [3.63, 3.8) is 0 Å². The lowest BCUT2D eigenvalue weighted by Gasteiger charge is -2.26. The normalized spacial score (nSPS) is 16.8. The third kappa shape index (κ3) is 3.04. The SMILES string of the molecule is COC(=O)C1=C(C)OC(N)=C(C#N)[C@@H]1c1c(C)nn(-c2ccccc2)c1Cl. The molecule has 1 aromatic heterocycles. The molecular formula is C19H17ClN4O3. The first-order chi connectivity index (χ1) is 12.9. The molecule has 0 unspecified atom stereocenters. The molecule has 2 N–H and O–H groups in total. The third-order valence-corrected chi connectivity index (χ3v) is 4.71. The standard InChI is InChI=1S/C19H17ClN4O3/c1-10-14(17(20)24(23-10)12-7-5-4-6-8-12)16-13(9-21)18(22)27-11(2)15(16)19(25)26-3/h4-8,16H,22H2,1-3H3/t16-/m1/s1. The number of methoxy groups -OCH3 is 1. The summed E-state index contributed by atoms with van der Waals surface area (Å²) in [5.41, 5.74) is 7.97. The van der Waals surface area contributed by atoms with E-state index in [0.717, 1.165) is 5.69 Å². The Labute approximate surface area is 161 Å². The van der Waals surface area contributed by atoms with Crippen LogP contribution in [0.1, 0.15) is 24.1 Å². The number of nitrogens with two attached hydrogens (primary N) is 1. The molecule has 0 radical (unpaired) electrons. The van der Waals surface area contributed by atoms with Gasteiger partial charge in [-0.2, -0.15) is 10.4 Å². The highest BCUT2D eigenvalue weighted by molar-refractivity contribution is 6.31. The summed E-state index contributed by atoms with van der Waals surface area (Å²) >= 11 is 6.64. The van der Waals surface area contributed by atoms with Gasteiger partial charge in [0.2, 0.25) is 5.88 Å². The number of benzene rings is 1. The number of esters is 1. The minimum Gasteiger partial charge on any atom is -0.466 e. The van der Waals surface area contributed by atoms with Crippen molar-refractivity contribution in [3.8, 4) is 11.8 Å². The van der Waals surface area contributed by atoms with Gasteiger partial charge in [0, 0.05) is 5.56 Å². The van der Waals surface area contributed by atoms with Gasteiger partial charge in [-0.3, -0.25) is 0 Å². The summed E-state index contributed by atoms with van der Waals surface area (Å²) < 4.78 is 11.8. The number of para-hydroxylation sites is 1.